The van der Waals surface area contributed by atoms with Crippen LogP contribution in [0.1, 0.15) is 22.6 Å². The van der Waals surface area contributed by atoms with Crippen molar-refractivity contribution in [3.05, 3.63) is 52.0 Å². The molecular weight excluding hydrogens is 216 g/mol. The van der Waals surface area contributed by atoms with E-state index in [9.17, 15) is 0 Å². The highest BCUT2D eigenvalue weighted by atomic mass is 32.1. The van der Waals surface area contributed by atoms with Crippen LogP contribution in [0.25, 0.3) is 0 Å². The highest BCUT2D eigenvalue weighted by molar-refractivity contribution is 7.09. The van der Waals surface area contributed by atoms with E-state index in [0.717, 1.165) is 24.3 Å². The maximum absolute atomic E-state index is 6.53. The van der Waals surface area contributed by atoms with Crippen LogP contribution in [0.4, 0.5) is 0 Å². The third kappa shape index (κ3) is 1.56. The van der Waals surface area contributed by atoms with Crippen LogP contribution in [0, 0.1) is 0 Å². The summed E-state index contributed by atoms with van der Waals surface area (Å²) < 4.78 is 0. The molecule has 1 aromatic carbocycles. The van der Waals surface area contributed by atoms with E-state index in [1.165, 1.54) is 11.1 Å². The molecule has 1 aliphatic carbocycles. The number of fused-ring (bicyclic) bond motifs is 1. The Bertz CT molecular complexity index is 492. The zero-order valence-corrected chi connectivity index (χ0v) is 9.83. The lowest BCUT2D eigenvalue weighted by atomic mass is 9.90. The highest BCUT2D eigenvalue weighted by Gasteiger charge is 2.35. The Morgan fingerprint density at radius 2 is 2.25 bits per heavy atom. The molecular formula is C13H14N2S. The summed E-state index contributed by atoms with van der Waals surface area (Å²) in [5, 5.41) is 3.15. The van der Waals surface area contributed by atoms with E-state index in [0.29, 0.717) is 0 Å². The number of benzene rings is 1. The van der Waals surface area contributed by atoms with Crippen molar-refractivity contribution in [1.29, 1.82) is 0 Å². The molecule has 0 amide bonds. The summed E-state index contributed by atoms with van der Waals surface area (Å²) in [6, 6.07) is 8.52. The van der Waals surface area contributed by atoms with Crippen molar-refractivity contribution in [3.63, 3.8) is 0 Å². The number of hydrogen-bond donors (Lipinski definition) is 1. The van der Waals surface area contributed by atoms with Crippen molar-refractivity contribution < 1.29 is 0 Å². The summed E-state index contributed by atoms with van der Waals surface area (Å²) in [5.74, 6) is 0. The van der Waals surface area contributed by atoms with Gasteiger partial charge < -0.3 is 5.73 Å². The van der Waals surface area contributed by atoms with Gasteiger partial charge in [0.2, 0.25) is 0 Å². The van der Waals surface area contributed by atoms with Crippen molar-refractivity contribution in [1.82, 2.24) is 4.98 Å². The number of hydrogen-bond acceptors (Lipinski definition) is 3. The number of nitrogens with two attached hydrogens (primary N) is 1. The molecule has 2 aromatic rings. The molecule has 0 aliphatic heterocycles. The first kappa shape index (κ1) is 10.00. The van der Waals surface area contributed by atoms with Gasteiger partial charge in [-0.15, -0.1) is 11.3 Å². The number of nitrogens with zero attached hydrogens (tertiary/aromatic N) is 1. The van der Waals surface area contributed by atoms with Crippen LogP contribution in [0.15, 0.2) is 35.8 Å². The molecule has 2 nitrogen and oxygen atoms in total. The van der Waals surface area contributed by atoms with Crippen LogP contribution in [-0.2, 0) is 18.4 Å². The number of rotatable bonds is 2. The average molecular weight is 230 g/mol. The minimum Gasteiger partial charge on any atom is -0.321 e. The van der Waals surface area contributed by atoms with E-state index in [1.807, 2.05) is 11.6 Å². The molecule has 1 atom stereocenters. The van der Waals surface area contributed by atoms with Crippen LogP contribution in [0.3, 0.4) is 0 Å². The number of aryl methyl sites for hydroxylation is 1. The van der Waals surface area contributed by atoms with Crippen LogP contribution in [-0.4, -0.2) is 4.98 Å². The van der Waals surface area contributed by atoms with Crippen molar-refractivity contribution in [3.8, 4) is 0 Å². The summed E-state index contributed by atoms with van der Waals surface area (Å²) in [6.07, 6.45) is 4.84. The van der Waals surface area contributed by atoms with Gasteiger partial charge in [-0.1, -0.05) is 24.3 Å². The average Bonchev–Trinajstić information content (AvgIpc) is 2.89. The van der Waals surface area contributed by atoms with Crippen molar-refractivity contribution >= 4 is 11.3 Å². The summed E-state index contributed by atoms with van der Waals surface area (Å²) in [4.78, 5) is 4.34. The van der Waals surface area contributed by atoms with Gasteiger partial charge in [-0.3, -0.25) is 0 Å². The fourth-order valence-corrected chi connectivity index (χ4v) is 3.25. The van der Waals surface area contributed by atoms with E-state index in [1.54, 1.807) is 11.3 Å². The standard InChI is InChI=1S/C13H14N2S/c14-13(9-12-15-7-8-16-12)6-5-10-3-1-2-4-11(10)13/h1-4,7-8H,5-6,9,14H2. The van der Waals surface area contributed by atoms with E-state index < -0.39 is 0 Å². The molecule has 0 spiro atoms. The maximum Gasteiger partial charge on any atom is 0.0946 e. The van der Waals surface area contributed by atoms with Gasteiger partial charge in [0.25, 0.3) is 0 Å². The molecule has 0 fully saturated rings. The smallest absolute Gasteiger partial charge is 0.0946 e. The Balaban J connectivity index is 1.95. The molecule has 3 heteroatoms. The Morgan fingerprint density at radius 1 is 1.38 bits per heavy atom. The first-order chi connectivity index (χ1) is 7.78. The monoisotopic (exact) mass is 230 g/mol. The first-order valence-corrected chi connectivity index (χ1v) is 6.41. The molecule has 16 heavy (non-hydrogen) atoms. The molecule has 3 rings (SSSR count). The second-order valence-electron chi connectivity index (χ2n) is 4.42. The van der Waals surface area contributed by atoms with Gasteiger partial charge in [-0.25, -0.2) is 4.98 Å². The molecule has 82 valence electrons. The van der Waals surface area contributed by atoms with Gasteiger partial charge in [-0.05, 0) is 24.0 Å². The van der Waals surface area contributed by atoms with E-state index in [2.05, 4.69) is 29.2 Å². The molecule has 0 bridgehead atoms. The van der Waals surface area contributed by atoms with Gasteiger partial charge in [0, 0.05) is 23.5 Å². The summed E-state index contributed by atoms with van der Waals surface area (Å²) in [5.41, 5.74) is 9.04. The summed E-state index contributed by atoms with van der Waals surface area (Å²) in [7, 11) is 0. The van der Waals surface area contributed by atoms with Crippen LogP contribution in [0.2, 0.25) is 0 Å². The second-order valence-corrected chi connectivity index (χ2v) is 5.40. The van der Waals surface area contributed by atoms with Crippen LogP contribution < -0.4 is 5.73 Å². The molecule has 1 aromatic heterocycles. The molecule has 0 saturated heterocycles. The minimum absolute atomic E-state index is 0.200. The molecule has 0 radical (unpaired) electrons. The predicted molar refractivity (Wildman–Crippen MR) is 66.4 cm³/mol. The van der Waals surface area contributed by atoms with Crippen molar-refractivity contribution in [2.45, 2.75) is 24.8 Å². The number of aromatic nitrogens is 1. The second kappa shape index (κ2) is 3.68. The first-order valence-electron chi connectivity index (χ1n) is 5.54. The summed E-state index contributed by atoms with van der Waals surface area (Å²) >= 11 is 1.69. The zero-order valence-electron chi connectivity index (χ0n) is 9.02. The minimum atomic E-state index is -0.200. The van der Waals surface area contributed by atoms with Gasteiger partial charge in [0.1, 0.15) is 0 Å². The van der Waals surface area contributed by atoms with E-state index >= 15 is 0 Å². The largest absolute Gasteiger partial charge is 0.321 e. The fraction of sp³-hybridized carbons (Fsp3) is 0.308. The topological polar surface area (TPSA) is 38.9 Å². The van der Waals surface area contributed by atoms with Crippen molar-refractivity contribution in [2.24, 2.45) is 5.73 Å². The normalized spacial score (nSPS) is 23.3. The van der Waals surface area contributed by atoms with Crippen molar-refractivity contribution in [2.75, 3.05) is 0 Å². The predicted octanol–water partition coefficient (Wildman–Crippen LogP) is 2.49. The Hall–Kier alpha value is -1.19. The Kier molecular flexibility index (Phi) is 2.30. The zero-order chi connectivity index (χ0) is 11.0. The summed E-state index contributed by atoms with van der Waals surface area (Å²) in [6.45, 7) is 0. The fourth-order valence-electron chi connectivity index (χ4n) is 2.51. The SMILES string of the molecule is NC1(Cc2nccs2)CCc2ccccc21. The van der Waals surface area contributed by atoms with Crippen LogP contribution >= 0.6 is 11.3 Å². The molecule has 2 N–H and O–H groups in total. The molecule has 1 unspecified atom stereocenters. The molecule has 1 aliphatic rings. The lowest BCUT2D eigenvalue weighted by Gasteiger charge is -2.24. The highest BCUT2D eigenvalue weighted by Crippen LogP contribution is 2.37. The maximum atomic E-state index is 6.53. The molecule has 1 heterocycles. The molecule has 0 saturated carbocycles. The van der Waals surface area contributed by atoms with E-state index in [-0.39, 0.29) is 5.54 Å². The Labute approximate surface area is 99.1 Å². The Morgan fingerprint density at radius 3 is 3.06 bits per heavy atom. The van der Waals surface area contributed by atoms with Gasteiger partial charge in [-0.2, -0.15) is 0 Å². The lowest BCUT2D eigenvalue weighted by Crippen LogP contribution is -2.36. The number of thiazole rings is 1. The van der Waals surface area contributed by atoms with Gasteiger partial charge >= 0.3 is 0 Å². The van der Waals surface area contributed by atoms with Gasteiger partial charge in [0.15, 0.2) is 0 Å². The van der Waals surface area contributed by atoms with Crippen LogP contribution in [0.5, 0.6) is 0 Å². The third-order valence-corrected chi connectivity index (χ3v) is 4.12. The third-order valence-electron chi connectivity index (χ3n) is 3.34. The quantitative estimate of drug-likeness (QED) is 0.861. The van der Waals surface area contributed by atoms with Gasteiger partial charge in [0.05, 0.1) is 5.01 Å². The lowest BCUT2D eigenvalue weighted by molar-refractivity contribution is 0.438. The van der Waals surface area contributed by atoms with E-state index in [4.69, 9.17) is 5.73 Å².